The number of halogens is 5. The number of hydrogen-bond donors (Lipinski definition) is 0. The number of alkyl halides is 4. The Morgan fingerprint density at radius 3 is 2.47 bits per heavy atom. The second-order valence-electron chi connectivity index (χ2n) is 2.79. The minimum atomic E-state index is -4.41. The van der Waals surface area contributed by atoms with Crippen LogP contribution < -0.4 is 0 Å². The van der Waals surface area contributed by atoms with Crippen LogP contribution in [0.3, 0.4) is 0 Å². The van der Waals surface area contributed by atoms with Gasteiger partial charge in [-0.15, -0.1) is 11.6 Å². The van der Waals surface area contributed by atoms with Crippen molar-refractivity contribution in [1.29, 1.82) is 0 Å². The van der Waals surface area contributed by atoms with Crippen molar-refractivity contribution < 1.29 is 13.2 Å². The SMILES string of the molecule is FC(F)(F)c1cc(Cl)ccc1C=CCCl. The smallest absolute Gasteiger partial charge is 0.166 e. The van der Waals surface area contributed by atoms with Gasteiger partial charge in [-0.3, -0.25) is 0 Å². The van der Waals surface area contributed by atoms with Gasteiger partial charge in [-0.1, -0.05) is 29.8 Å². The summed E-state index contributed by atoms with van der Waals surface area (Å²) < 4.78 is 37.6. The zero-order chi connectivity index (χ0) is 11.5. The first-order valence-corrected chi connectivity index (χ1v) is 4.95. The standard InChI is InChI=1S/C10H7Cl2F3/c11-5-1-2-7-3-4-8(12)6-9(7)10(13,14)15/h1-4,6H,5H2. The van der Waals surface area contributed by atoms with Gasteiger partial charge in [0.1, 0.15) is 0 Å². The van der Waals surface area contributed by atoms with Crippen LogP contribution in [0.15, 0.2) is 24.3 Å². The van der Waals surface area contributed by atoms with Gasteiger partial charge >= 0.3 is 6.18 Å². The molecular weight excluding hydrogens is 248 g/mol. The zero-order valence-corrected chi connectivity index (χ0v) is 9.00. The highest BCUT2D eigenvalue weighted by atomic mass is 35.5. The fraction of sp³-hybridized carbons (Fsp3) is 0.200. The van der Waals surface area contributed by atoms with Crippen molar-refractivity contribution in [2.75, 3.05) is 5.88 Å². The molecular formula is C10H7Cl2F3. The second-order valence-corrected chi connectivity index (χ2v) is 3.53. The molecule has 0 spiro atoms. The third kappa shape index (κ3) is 3.43. The van der Waals surface area contributed by atoms with Crippen molar-refractivity contribution in [2.45, 2.75) is 6.18 Å². The molecule has 0 unspecified atom stereocenters. The Balaban J connectivity index is 3.21. The van der Waals surface area contributed by atoms with E-state index in [1.807, 2.05) is 0 Å². The molecule has 0 heterocycles. The van der Waals surface area contributed by atoms with Gasteiger partial charge in [0.2, 0.25) is 0 Å². The van der Waals surface area contributed by atoms with E-state index in [-0.39, 0.29) is 16.5 Å². The van der Waals surface area contributed by atoms with Crippen LogP contribution in [0, 0.1) is 0 Å². The minimum Gasteiger partial charge on any atom is -0.166 e. The highest BCUT2D eigenvalue weighted by Gasteiger charge is 2.32. The van der Waals surface area contributed by atoms with Crippen LogP contribution in [0.2, 0.25) is 5.02 Å². The lowest BCUT2D eigenvalue weighted by atomic mass is 10.1. The van der Waals surface area contributed by atoms with Gasteiger partial charge in [0, 0.05) is 10.9 Å². The molecule has 0 saturated carbocycles. The van der Waals surface area contributed by atoms with E-state index in [0.717, 1.165) is 6.07 Å². The Hall–Kier alpha value is -0.670. The lowest BCUT2D eigenvalue weighted by Crippen LogP contribution is -2.07. The minimum absolute atomic E-state index is 0.0605. The maximum Gasteiger partial charge on any atom is 0.417 e. The van der Waals surface area contributed by atoms with E-state index in [1.54, 1.807) is 0 Å². The summed E-state index contributed by atoms with van der Waals surface area (Å²) in [6, 6.07) is 3.62. The lowest BCUT2D eigenvalue weighted by Gasteiger charge is -2.10. The Kier molecular flexibility index (Phi) is 4.05. The quantitative estimate of drug-likeness (QED) is 0.677. The lowest BCUT2D eigenvalue weighted by molar-refractivity contribution is -0.137. The van der Waals surface area contributed by atoms with Crippen molar-refractivity contribution in [1.82, 2.24) is 0 Å². The molecule has 0 aliphatic rings. The molecule has 0 aromatic heterocycles. The Morgan fingerprint density at radius 2 is 1.93 bits per heavy atom. The number of benzene rings is 1. The molecule has 15 heavy (non-hydrogen) atoms. The van der Waals surface area contributed by atoms with Crippen LogP contribution in [0.25, 0.3) is 6.08 Å². The predicted molar refractivity (Wildman–Crippen MR) is 56.2 cm³/mol. The molecule has 0 aliphatic carbocycles. The Morgan fingerprint density at radius 1 is 1.27 bits per heavy atom. The first-order chi connectivity index (χ1) is 6.95. The van der Waals surface area contributed by atoms with Crippen LogP contribution in [0.4, 0.5) is 13.2 Å². The molecule has 0 amide bonds. The van der Waals surface area contributed by atoms with Gasteiger partial charge in [0.15, 0.2) is 0 Å². The molecule has 0 saturated heterocycles. The summed E-state index contributed by atoms with van der Waals surface area (Å²) in [6.45, 7) is 0. The molecule has 0 fully saturated rings. The maximum absolute atomic E-state index is 12.5. The largest absolute Gasteiger partial charge is 0.417 e. The van der Waals surface area contributed by atoms with Gasteiger partial charge in [-0.05, 0) is 17.7 Å². The van der Waals surface area contributed by atoms with Crippen molar-refractivity contribution in [2.24, 2.45) is 0 Å². The van der Waals surface area contributed by atoms with E-state index in [1.165, 1.54) is 24.3 Å². The van der Waals surface area contributed by atoms with Crippen molar-refractivity contribution in [3.63, 3.8) is 0 Å². The summed E-state index contributed by atoms with van der Waals surface area (Å²) in [6.07, 6.45) is -1.64. The van der Waals surface area contributed by atoms with Gasteiger partial charge in [0.25, 0.3) is 0 Å². The van der Waals surface area contributed by atoms with Crippen molar-refractivity contribution in [3.8, 4) is 0 Å². The van der Waals surface area contributed by atoms with E-state index >= 15 is 0 Å². The molecule has 0 N–H and O–H groups in total. The third-order valence-corrected chi connectivity index (χ3v) is 2.12. The predicted octanol–water partition coefficient (Wildman–Crippen LogP) is 4.61. The number of hydrogen-bond acceptors (Lipinski definition) is 0. The van der Waals surface area contributed by atoms with Crippen LogP contribution in [0.5, 0.6) is 0 Å². The molecule has 0 radical (unpaired) electrons. The summed E-state index contributed by atoms with van der Waals surface area (Å²) >= 11 is 10.9. The summed E-state index contributed by atoms with van der Waals surface area (Å²) in [4.78, 5) is 0. The third-order valence-electron chi connectivity index (χ3n) is 1.71. The first-order valence-electron chi connectivity index (χ1n) is 4.04. The summed E-state index contributed by atoms with van der Waals surface area (Å²) in [5.74, 6) is 0.167. The van der Waals surface area contributed by atoms with E-state index < -0.39 is 11.7 Å². The highest BCUT2D eigenvalue weighted by Crippen LogP contribution is 2.34. The second kappa shape index (κ2) is 4.90. The van der Waals surface area contributed by atoms with Crippen LogP contribution in [0.1, 0.15) is 11.1 Å². The van der Waals surface area contributed by atoms with E-state index in [2.05, 4.69) is 0 Å². The molecule has 0 atom stereocenters. The molecule has 1 aromatic rings. The maximum atomic E-state index is 12.5. The fourth-order valence-electron chi connectivity index (χ4n) is 1.09. The summed E-state index contributed by atoms with van der Waals surface area (Å²) in [5.41, 5.74) is -0.691. The summed E-state index contributed by atoms with van der Waals surface area (Å²) in [5, 5.41) is 0.0605. The number of allylic oxidation sites excluding steroid dienone is 1. The monoisotopic (exact) mass is 254 g/mol. The van der Waals surface area contributed by atoms with E-state index in [0.29, 0.717) is 0 Å². The van der Waals surface area contributed by atoms with Crippen LogP contribution in [-0.2, 0) is 6.18 Å². The van der Waals surface area contributed by atoms with Gasteiger partial charge in [-0.25, -0.2) is 0 Å². The normalized spacial score (nSPS) is 12.3. The molecule has 0 bridgehead atoms. The molecule has 0 aliphatic heterocycles. The highest BCUT2D eigenvalue weighted by molar-refractivity contribution is 6.30. The van der Waals surface area contributed by atoms with E-state index in [4.69, 9.17) is 23.2 Å². The molecule has 82 valence electrons. The van der Waals surface area contributed by atoms with Crippen molar-refractivity contribution in [3.05, 3.63) is 40.4 Å². The van der Waals surface area contributed by atoms with Crippen molar-refractivity contribution >= 4 is 29.3 Å². The first kappa shape index (κ1) is 12.4. The molecule has 5 heteroatoms. The zero-order valence-electron chi connectivity index (χ0n) is 7.48. The average molecular weight is 255 g/mol. The van der Waals surface area contributed by atoms with Gasteiger partial charge < -0.3 is 0 Å². The molecule has 1 rings (SSSR count). The average Bonchev–Trinajstić information content (AvgIpc) is 2.14. The topological polar surface area (TPSA) is 0 Å². The van der Waals surface area contributed by atoms with Crippen LogP contribution in [-0.4, -0.2) is 5.88 Å². The molecule has 1 aromatic carbocycles. The van der Waals surface area contributed by atoms with E-state index in [9.17, 15) is 13.2 Å². The summed E-state index contributed by atoms with van der Waals surface area (Å²) in [7, 11) is 0. The molecule has 0 nitrogen and oxygen atoms in total. The van der Waals surface area contributed by atoms with Crippen LogP contribution >= 0.6 is 23.2 Å². The van der Waals surface area contributed by atoms with Gasteiger partial charge in [-0.2, -0.15) is 13.2 Å². The fourth-order valence-corrected chi connectivity index (χ4v) is 1.35. The Bertz CT molecular complexity index is 369. The number of rotatable bonds is 2. The Labute approximate surface area is 95.3 Å². The van der Waals surface area contributed by atoms with Gasteiger partial charge in [0.05, 0.1) is 5.56 Å².